The Morgan fingerprint density at radius 2 is 0.757 bits per heavy atom. The Bertz CT molecular complexity index is 1580. The Labute approximate surface area is 222 Å². The van der Waals surface area contributed by atoms with E-state index in [4.69, 9.17) is 0 Å². The van der Waals surface area contributed by atoms with Crippen LogP contribution in [0.2, 0.25) is 0 Å². The van der Waals surface area contributed by atoms with Gasteiger partial charge in [0, 0.05) is 26.8 Å². The molecule has 0 aliphatic carbocycles. The van der Waals surface area contributed by atoms with Gasteiger partial charge in [0.2, 0.25) is 0 Å². The van der Waals surface area contributed by atoms with E-state index in [1.807, 2.05) is 11.3 Å². The first kappa shape index (κ1) is 23.0. The van der Waals surface area contributed by atoms with Crippen molar-refractivity contribution in [2.75, 3.05) is 4.90 Å². The standard InChI is InChI=1S/C35H27NS/c1-26-12-18-31(19-13-26)36(32-20-14-28(15-21-32)27-8-4-2-5-9-27)33-22-16-30(17-23-33)35-25-24-34(37-35)29-10-6-3-7-11-29/h2-25H,1H3. The number of hydrogen-bond acceptors (Lipinski definition) is 2. The molecule has 0 atom stereocenters. The summed E-state index contributed by atoms with van der Waals surface area (Å²) in [6.07, 6.45) is 0. The van der Waals surface area contributed by atoms with Gasteiger partial charge in [0.15, 0.2) is 0 Å². The molecule has 2 heteroatoms. The van der Waals surface area contributed by atoms with Crippen LogP contribution in [0.15, 0.2) is 146 Å². The minimum atomic E-state index is 1.14. The fraction of sp³-hybridized carbons (Fsp3) is 0.0286. The zero-order chi connectivity index (χ0) is 25.0. The molecule has 0 N–H and O–H groups in total. The highest BCUT2D eigenvalue weighted by atomic mass is 32.1. The predicted octanol–water partition coefficient (Wildman–Crippen LogP) is 10.5. The van der Waals surface area contributed by atoms with E-state index in [2.05, 4.69) is 157 Å². The zero-order valence-electron chi connectivity index (χ0n) is 20.7. The molecule has 5 aromatic carbocycles. The van der Waals surface area contributed by atoms with Crippen LogP contribution in [-0.2, 0) is 0 Å². The number of aryl methyl sites for hydroxylation is 1. The van der Waals surface area contributed by atoms with Crippen molar-refractivity contribution in [1.29, 1.82) is 0 Å². The normalized spacial score (nSPS) is 10.8. The van der Waals surface area contributed by atoms with E-state index in [0.29, 0.717) is 0 Å². The summed E-state index contributed by atoms with van der Waals surface area (Å²) in [7, 11) is 0. The van der Waals surface area contributed by atoms with Crippen LogP contribution in [0, 0.1) is 6.92 Å². The minimum Gasteiger partial charge on any atom is -0.311 e. The van der Waals surface area contributed by atoms with Gasteiger partial charge in [0.05, 0.1) is 0 Å². The van der Waals surface area contributed by atoms with Crippen LogP contribution in [0.4, 0.5) is 17.1 Å². The summed E-state index contributed by atoms with van der Waals surface area (Å²) in [6, 6.07) is 52.0. The largest absolute Gasteiger partial charge is 0.311 e. The van der Waals surface area contributed by atoms with E-state index in [1.165, 1.54) is 37.6 Å². The van der Waals surface area contributed by atoms with Crippen LogP contribution in [0.1, 0.15) is 5.56 Å². The molecule has 0 radical (unpaired) electrons. The summed E-state index contributed by atoms with van der Waals surface area (Å²) in [5.74, 6) is 0. The molecule has 0 aliphatic rings. The second-order valence-electron chi connectivity index (χ2n) is 9.16. The summed E-state index contributed by atoms with van der Waals surface area (Å²) in [6.45, 7) is 2.13. The molecule has 1 heterocycles. The molecule has 0 unspecified atom stereocenters. The first-order chi connectivity index (χ1) is 18.2. The maximum absolute atomic E-state index is 2.32. The molecule has 0 saturated heterocycles. The van der Waals surface area contributed by atoms with E-state index in [0.717, 1.165) is 17.1 Å². The molecule has 1 aromatic heterocycles. The maximum atomic E-state index is 2.32. The number of benzene rings is 5. The highest BCUT2D eigenvalue weighted by Gasteiger charge is 2.13. The second kappa shape index (κ2) is 10.3. The topological polar surface area (TPSA) is 3.24 Å². The molecule has 0 spiro atoms. The lowest BCUT2D eigenvalue weighted by atomic mass is 10.0. The average molecular weight is 494 g/mol. The van der Waals surface area contributed by atoms with E-state index >= 15 is 0 Å². The number of rotatable bonds is 6. The first-order valence-corrected chi connectivity index (χ1v) is 13.3. The van der Waals surface area contributed by atoms with E-state index in [-0.39, 0.29) is 0 Å². The van der Waals surface area contributed by atoms with Gasteiger partial charge in [-0.05, 0) is 77.7 Å². The van der Waals surface area contributed by atoms with Gasteiger partial charge in [-0.2, -0.15) is 0 Å². The van der Waals surface area contributed by atoms with Crippen LogP contribution in [0.3, 0.4) is 0 Å². The van der Waals surface area contributed by atoms with Gasteiger partial charge < -0.3 is 4.90 Å². The monoisotopic (exact) mass is 493 g/mol. The Morgan fingerprint density at radius 1 is 0.378 bits per heavy atom. The lowest BCUT2D eigenvalue weighted by molar-refractivity contribution is 1.28. The van der Waals surface area contributed by atoms with Crippen molar-refractivity contribution in [3.63, 3.8) is 0 Å². The van der Waals surface area contributed by atoms with Gasteiger partial charge in [-0.1, -0.05) is 103 Å². The molecule has 0 amide bonds. The van der Waals surface area contributed by atoms with Crippen molar-refractivity contribution in [2.45, 2.75) is 6.92 Å². The molecule has 178 valence electrons. The molecule has 0 aliphatic heterocycles. The van der Waals surface area contributed by atoms with Crippen molar-refractivity contribution in [3.05, 3.63) is 151 Å². The number of anilines is 3. The van der Waals surface area contributed by atoms with Crippen molar-refractivity contribution in [2.24, 2.45) is 0 Å². The van der Waals surface area contributed by atoms with Crippen molar-refractivity contribution >= 4 is 28.4 Å². The van der Waals surface area contributed by atoms with Crippen molar-refractivity contribution in [3.8, 4) is 32.0 Å². The molecule has 37 heavy (non-hydrogen) atoms. The number of thiophene rings is 1. The third-order valence-electron chi connectivity index (χ3n) is 6.60. The summed E-state index contributed by atoms with van der Waals surface area (Å²) in [5.41, 5.74) is 9.62. The number of nitrogens with zero attached hydrogens (tertiary/aromatic N) is 1. The van der Waals surface area contributed by atoms with Gasteiger partial charge in [-0.3, -0.25) is 0 Å². The van der Waals surface area contributed by atoms with E-state index in [1.54, 1.807) is 0 Å². The quantitative estimate of drug-likeness (QED) is 0.223. The molecule has 0 fully saturated rings. The third kappa shape index (κ3) is 4.97. The average Bonchev–Trinajstić information content (AvgIpc) is 3.47. The molecule has 6 aromatic rings. The molecular weight excluding hydrogens is 466 g/mol. The van der Waals surface area contributed by atoms with Crippen molar-refractivity contribution < 1.29 is 0 Å². The Kier molecular flexibility index (Phi) is 6.41. The molecular formula is C35H27NS. The Balaban J connectivity index is 1.33. The fourth-order valence-electron chi connectivity index (χ4n) is 4.60. The molecule has 6 rings (SSSR count). The lowest BCUT2D eigenvalue weighted by Gasteiger charge is -2.26. The summed E-state index contributed by atoms with van der Waals surface area (Å²) in [4.78, 5) is 4.89. The SMILES string of the molecule is Cc1ccc(N(c2ccc(-c3ccccc3)cc2)c2ccc(-c3ccc(-c4ccccc4)s3)cc2)cc1. The maximum Gasteiger partial charge on any atom is 0.0462 e. The van der Waals surface area contributed by atoms with Crippen LogP contribution in [0.25, 0.3) is 32.0 Å². The highest BCUT2D eigenvalue weighted by molar-refractivity contribution is 7.18. The van der Waals surface area contributed by atoms with Crippen LogP contribution in [0.5, 0.6) is 0 Å². The molecule has 0 bridgehead atoms. The second-order valence-corrected chi connectivity index (χ2v) is 10.2. The first-order valence-electron chi connectivity index (χ1n) is 12.5. The van der Waals surface area contributed by atoms with E-state index in [9.17, 15) is 0 Å². The molecule has 1 nitrogen and oxygen atoms in total. The number of hydrogen-bond donors (Lipinski definition) is 0. The predicted molar refractivity (Wildman–Crippen MR) is 160 cm³/mol. The summed E-state index contributed by atoms with van der Waals surface area (Å²) < 4.78 is 0. The zero-order valence-corrected chi connectivity index (χ0v) is 21.5. The van der Waals surface area contributed by atoms with Gasteiger partial charge in [0.1, 0.15) is 0 Å². The van der Waals surface area contributed by atoms with Crippen LogP contribution >= 0.6 is 11.3 Å². The van der Waals surface area contributed by atoms with Gasteiger partial charge in [-0.25, -0.2) is 0 Å². The fourth-order valence-corrected chi connectivity index (χ4v) is 5.62. The van der Waals surface area contributed by atoms with Gasteiger partial charge >= 0.3 is 0 Å². The highest BCUT2D eigenvalue weighted by Crippen LogP contribution is 2.39. The minimum absolute atomic E-state index is 1.14. The van der Waals surface area contributed by atoms with Crippen LogP contribution in [-0.4, -0.2) is 0 Å². The van der Waals surface area contributed by atoms with E-state index < -0.39 is 0 Å². The van der Waals surface area contributed by atoms with Crippen LogP contribution < -0.4 is 4.90 Å². The van der Waals surface area contributed by atoms with Crippen molar-refractivity contribution in [1.82, 2.24) is 0 Å². The molecule has 0 saturated carbocycles. The third-order valence-corrected chi connectivity index (χ3v) is 7.78. The Hall–Kier alpha value is -4.40. The van der Waals surface area contributed by atoms with Gasteiger partial charge in [0.25, 0.3) is 0 Å². The lowest BCUT2D eigenvalue weighted by Crippen LogP contribution is -2.09. The Morgan fingerprint density at radius 3 is 1.27 bits per heavy atom. The smallest absolute Gasteiger partial charge is 0.0462 e. The van der Waals surface area contributed by atoms with Gasteiger partial charge in [-0.15, -0.1) is 11.3 Å². The summed E-state index contributed by atoms with van der Waals surface area (Å²) in [5, 5.41) is 0. The summed E-state index contributed by atoms with van der Waals surface area (Å²) >= 11 is 1.83.